The molecular weight excluding hydrogens is 1570 g/mol. The van der Waals surface area contributed by atoms with Crippen LogP contribution in [-0.4, -0.2) is 319 Å². The van der Waals surface area contributed by atoms with Crippen molar-refractivity contribution in [1.82, 2.24) is 75.6 Å². The monoisotopic (exact) mass is 1700 g/mol. The number of likely N-dealkylation sites (N-methyl/N-ethyl adjacent to an activating group) is 10. The minimum absolute atomic E-state index is 0.0263. The van der Waals surface area contributed by atoms with Gasteiger partial charge in [-0.2, -0.15) is 0 Å². The van der Waals surface area contributed by atoms with Crippen LogP contribution in [0.4, 0.5) is 4.79 Å². The lowest BCUT2D eigenvalue weighted by Crippen LogP contribution is -2.60. The molecule has 6 N–H and O–H groups in total. The Kier molecular flexibility index (Phi) is 38.5. The molecule has 12 atom stereocenters. The van der Waals surface area contributed by atoms with Gasteiger partial charge in [-0.15, -0.1) is 0 Å². The summed E-state index contributed by atoms with van der Waals surface area (Å²) in [6.45, 7) is 20.8. The van der Waals surface area contributed by atoms with Crippen LogP contribution in [0.3, 0.4) is 0 Å². The summed E-state index contributed by atoms with van der Waals surface area (Å²) in [6, 6.07) is 10.0. The Bertz CT molecular complexity index is 4140. The standard InChI is InChI=1S/C89H135N15O18/c1-51(2)42-67(93-80(112)59(13)100(20)89(121)122-50-66-64-40-32-30-38-62(64)63-39-31-33-41-65(63)66)82(114)96(16)49-74(106)97(17)57(11)79(111)94-69(44-53(5)6)84(116)102(22)71(46-60-34-26-25-27-35-60)87(119)98(18)56(10)77(109)90-48-73(105)92-68(43-52(3)4)83(115)101(21)70(45-54(7)8)86(118)99(19)58(12)78(110)91-55(9)81(113)104(24)76(61-36-28-29-37-61)88(120)103(23)72(47-75(107)108)85(117)95(14)15/h25-27,30-35,38-41,51-59,61,66-72,76H,28-29,36-37,42-50H2,1-24H3,(H,90,109)(H,91,110)(H,92,105)(H,93,112)(H,94,111)(H,107,108)/t55-,56-,57-,58-,59-,67-,68-,69-,70-,71-,72-,76-/m0/s1. The summed E-state index contributed by atoms with van der Waals surface area (Å²) in [5.41, 5.74) is 4.79. The molecule has 122 heavy (non-hydrogen) atoms. The number of carboxylic acids is 1. The summed E-state index contributed by atoms with van der Waals surface area (Å²) in [7, 11) is 15.4. The van der Waals surface area contributed by atoms with E-state index in [0.717, 1.165) is 64.5 Å². The summed E-state index contributed by atoms with van der Waals surface area (Å²) in [5, 5.41) is 23.2. The lowest BCUT2D eigenvalue weighted by atomic mass is 9.94. The molecule has 2 aliphatic carbocycles. The van der Waals surface area contributed by atoms with Crippen molar-refractivity contribution in [2.45, 2.75) is 233 Å². The third-order valence-electron chi connectivity index (χ3n) is 23.4. The number of amides is 15. The molecule has 0 aromatic heterocycles. The van der Waals surface area contributed by atoms with E-state index in [2.05, 4.69) is 26.6 Å². The third-order valence-corrected chi connectivity index (χ3v) is 23.4. The summed E-state index contributed by atoms with van der Waals surface area (Å²) >= 11 is 0. The minimum Gasteiger partial charge on any atom is -0.481 e. The number of nitrogens with zero attached hydrogens (tertiary/aromatic N) is 10. The van der Waals surface area contributed by atoms with Crippen molar-refractivity contribution in [3.8, 4) is 11.1 Å². The van der Waals surface area contributed by atoms with E-state index >= 15 is 0 Å². The van der Waals surface area contributed by atoms with E-state index in [4.69, 9.17) is 4.74 Å². The van der Waals surface area contributed by atoms with Crippen molar-refractivity contribution < 1.29 is 86.6 Å². The lowest BCUT2D eigenvalue weighted by molar-refractivity contribution is -0.154. The second kappa shape index (κ2) is 46.3. The van der Waals surface area contributed by atoms with E-state index in [1.807, 2.05) is 104 Å². The first-order chi connectivity index (χ1) is 57.1. The predicted molar refractivity (Wildman–Crippen MR) is 460 cm³/mol. The van der Waals surface area contributed by atoms with E-state index < -0.39 is 187 Å². The number of carboxylic acid groups (broad SMARTS) is 1. The maximum absolute atomic E-state index is 15.0. The van der Waals surface area contributed by atoms with Gasteiger partial charge in [0.05, 0.1) is 19.5 Å². The molecule has 1 saturated carbocycles. The fraction of sp³-hybridized carbons (Fsp3) is 0.618. The van der Waals surface area contributed by atoms with Gasteiger partial charge in [-0.3, -0.25) is 76.8 Å². The molecule has 3 aromatic carbocycles. The molecule has 0 radical (unpaired) electrons. The van der Waals surface area contributed by atoms with Crippen LogP contribution in [-0.2, 0) is 83.1 Å². The van der Waals surface area contributed by atoms with Crippen LogP contribution >= 0.6 is 0 Å². The minimum atomic E-state index is -1.36. The van der Waals surface area contributed by atoms with Gasteiger partial charge >= 0.3 is 12.1 Å². The maximum atomic E-state index is 15.0. The fourth-order valence-corrected chi connectivity index (χ4v) is 15.4. The molecule has 15 amide bonds. The van der Waals surface area contributed by atoms with E-state index in [9.17, 15) is 81.8 Å². The highest BCUT2D eigenvalue weighted by atomic mass is 16.6. The second-order valence-corrected chi connectivity index (χ2v) is 34.8. The van der Waals surface area contributed by atoms with Gasteiger partial charge in [0, 0.05) is 89.9 Å². The van der Waals surface area contributed by atoms with Gasteiger partial charge < -0.3 is 80.5 Å². The summed E-state index contributed by atoms with van der Waals surface area (Å²) in [5.74, 6) is -12.1. The molecule has 0 heterocycles. The number of aliphatic carboxylic acids is 1. The SMILES string of the molecule is CC(C)C[C@H](NC(=O)[C@H](C)N(C)C(=O)OCC1c2ccccc2-c2ccccc21)C(=O)N(C)CC(=O)N(C)[C@@H](C)C(=O)N[C@@H](CC(C)C)C(=O)N(C)[C@@H](Cc1ccccc1)C(=O)N(C)[C@@H](C)C(=O)NCC(=O)N[C@@H](CC(C)C)C(=O)N(C)[C@@H](CC(C)C)C(=O)N(C)[C@@H](C)C(=O)N[C@@H](C)C(=O)N(C)[C@H](C(=O)N(C)[C@@H](CC(=O)O)C(=O)N(C)C)C1CCCC1. The van der Waals surface area contributed by atoms with Crippen molar-refractivity contribution in [2.24, 2.45) is 29.6 Å². The zero-order valence-electron chi connectivity index (χ0n) is 75.9. The van der Waals surface area contributed by atoms with Crippen LogP contribution in [0.5, 0.6) is 0 Å². The first-order valence-electron chi connectivity index (χ1n) is 42.2. The predicted octanol–water partition coefficient (Wildman–Crippen LogP) is 4.82. The van der Waals surface area contributed by atoms with Gasteiger partial charge in [-0.25, -0.2) is 4.79 Å². The number of rotatable bonds is 43. The largest absolute Gasteiger partial charge is 0.481 e. The Balaban J connectivity index is 1.22. The Morgan fingerprint density at radius 2 is 0.828 bits per heavy atom. The highest BCUT2D eigenvalue weighted by Gasteiger charge is 2.45. The molecule has 33 nitrogen and oxygen atoms in total. The number of benzene rings is 3. The lowest BCUT2D eigenvalue weighted by Gasteiger charge is -2.38. The van der Waals surface area contributed by atoms with E-state index in [-0.39, 0.29) is 74.2 Å². The topological polar surface area (TPSA) is 395 Å². The van der Waals surface area contributed by atoms with Crippen LogP contribution in [0.15, 0.2) is 78.9 Å². The molecule has 0 saturated heterocycles. The molecule has 5 rings (SSSR count). The zero-order valence-corrected chi connectivity index (χ0v) is 75.9. The summed E-state index contributed by atoms with van der Waals surface area (Å²) in [6.07, 6.45) is 1.69. The van der Waals surface area contributed by atoms with Crippen molar-refractivity contribution in [2.75, 3.05) is 97.2 Å². The number of nitrogens with one attached hydrogen (secondary N) is 5. The third kappa shape index (κ3) is 27.2. The highest BCUT2D eigenvalue weighted by molar-refractivity contribution is 6.00. The Hall–Kier alpha value is -11.0. The normalized spacial score (nSPS) is 15.4. The first kappa shape index (κ1) is 102. The molecule has 3 aromatic rings. The van der Waals surface area contributed by atoms with Crippen molar-refractivity contribution in [3.05, 3.63) is 95.6 Å². The van der Waals surface area contributed by atoms with Gasteiger partial charge in [0.25, 0.3) is 0 Å². The molecular formula is C89H135N15O18. The fourth-order valence-electron chi connectivity index (χ4n) is 15.4. The number of hydrogen-bond acceptors (Lipinski definition) is 17. The Labute approximate surface area is 719 Å². The summed E-state index contributed by atoms with van der Waals surface area (Å²) in [4.78, 5) is 237. The van der Waals surface area contributed by atoms with Gasteiger partial charge in [-0.05, 0) is 131 Å². The number of ether oxygens (including phenoxy) is 1. The van der Waals surface area contributed by atoms with Crippen molar-refractivity contribution in [1.29, 1.82) is 0 Å². The zero-order chi connectivity index (χ0) is 91.9. The van der Waals surface area contributed by atoms with Crippen molar-refractivity contribution in [3.63, 3.8) is 0 Å². The Morgan fingerprint density at radius 3 is 1.31 bits per heavy atom. The molecule has 1 fully saturated rings. The number of carbonyl (C=O) groups is 16. The molecule has 0 aliphatic heterocycles. The number of fused-ring (bicyclic) bond motifs is 3. The molecule has 2 aliphatic rings. The van der Waals surface area contributed by atoms with Gasteiger partial charge in [-0.1, -0.05) is 147 Å². The van der Waals surface area contributed by atoms with Gasteiger partial charge in [0.15, 0.2) is 0 Å². The molecule has 33 heteroatoms. The average molecular weight is 1700 g/mol. The van der Waals surface area contributed by atoms with E-state index in [1.165, 1.54) is 132 Å². The van der Waals surface area contributed by atoms with E-state index in [1.54, 1.807) is 30.3 Å². The molecule has 0 bridgehead atoms. The van der Waals surface area contributed by atoms with Gasteiger partial charge in [0.1, 0.15) is 79.1 Å². The number of hydrogen-bond donors (Lipinski definition) is 6. The second-order valence-electron chi connectivity index (χ2n) is 34.8. The van der Waals surface area contributed by atoms with Crippen molar-refractivity contribution >= 4 is 94.8 Å². The quantitative estimate of drug-likeness (QED) is 0.0442. The van der Waals surface area contributed by atoms with Crippen LogP contribution in [0.1, 0.15) is 170 Å². The molecule has 0 spiro atoms. The van der Waals surface area contributed by atoms with Crippen LogP contribution in [0, 0.1) is 29.6 Å². The smallest absolute Gasteiger partial charge is 0.410 e. The van der Waals surface area contributed by atoms with Crippen LogP contribution < -0.4 is 26.6 Å². The Morgan fingerprint density at radius 1 is 0.410 bits per heavy atom. The van der Waals surface area contributed by atoms with E-state index in [0.29, 0.717) is 18.4 Å². The van der Waals surface area contributed by atoms with Gasteiger partial charge in [0.2, 0.25) is 82.7 Å². The highest BCUT2D eigenvalue weighted by Crippen LogP contribution is 2.45. The molecule has 0 unspecified atom stereocenters. The first-order valence-corrected chi connectivity index (χ1v) is 42.2. The van der Waals surface area contributed by atoms with Crippen LogP contribution in [0.2, 0.25) is 0 Å². The number of carbonyl (C=O) groups excluding carboxylic acids is 15. The van der Waals surface area contributed by atoms with Crippen LogP contribution in [0.25, 0.3) is 11.1 Å². The molecule has 674 valence electrons. The maximum Gasteiger partial charge on any atom is 0.410 e. The average Bonchev–Trinajstić information content (AvgIpc) is 1.61. The summed E-state index contributed by atoms with van der Waals surface area (Å²) < 4.78 is 5.81.